The van der Waals surface area contributed by atoms with E-state index in [1.807, 2.05) is 6.20 Å². The van der Waals surface area contributed by atoms with Crippen molar-refractivity contribution in [3.63, 3.8) is 0 Å². The molecule has 1 heterocycles. The van der Waals surface area contributed by atoms with E-state index in [0.29, 0.717) is 0 Å². The molecule has 0 aliphatic rings. The van der Waals surface area contributed by atoms with Gasteiger partial charge in [-0.05, 0) is 64.9 Å². The average Bonchev–Trinajstić information content (AvgIpc) is 2.45. The highest BCUT2D eigenvalue weighted by Crippen LogP contribution is 2.15. The van der Waals surface area contributed by atoms with Crippen LogP contribution in [-0.2, 0) is 12.8 Å². The number of aromatic nitrogens is 1. The minimum atomic E-state index is 0.255. The molecule has 0 saturated carbocycles. The molecule has 20 heavy (non-hydrogen) atoms. The predicted octanol–water partition coefficient (Wildman–Crippen LogP) is 3.16. The first-order chi connectivity index (χ1) is 9.69. The van der Waals surface area contributed by atoms with E-state index in [1.165, 1.54) is 16.7 Å². The summed E-state index contributed by atoms with van der Waals surface area (Å²) >= 11 is 3.45. The summed E-state index contributed by atoms with van der Waals surface area (Å²) in [5, 5.41) is 0. The molecule has 0 amide bonds. The Balaban J connectivity index is 1.94. The van der Waals surface area contributed by atoms with Crippen molar-refractivity contribution >= 4 is 15.9 Å². The Morgan fingerprint density at radius 3 is 2.80 bits per heavy atom. The minimum absolute atomic E-state index is 0.255. The molecular weight excluding hydrogens is 314 g/mol. The molecule has 4 heteroatoms. The van der Waals surface area contributed by atoms with E-state index in [-0.39, 0.29) is 6.04 Å². The zero-order valence-corrected chi connectivity index (χ0v) is 13.2. The summed E-state index contributed by atoms with van der Waals surface area (Å²) in [5.41, 5.74) is 6.83. The van der Waals surface area contributed by atoms with Crippen molar-refractivity contribution in [3.05, 3.63) is 63.9 Å². The van der Waals surface area contributed by atoms with Gasteiger partial charge in [0.15, 0.2) is 0 Å². The van der Waals surface area contributed by atoms with Gasteiger partial charge in [0.05, 0.1) is 0 Å². The van der Waals surface area contributed by atoms with Gasteiger partial charge in [0.25, 0.3) is 0 Å². The third-order valence-electron chi connectivity index (χ3n) is 3.50. The van der Waals surface area contributed by atoms with E-state index < -0.39 is 0 Å². The minimum Gasteiger partial charge on any atom is -0.271 e. The second kappa shape index (κ2) is 7.53. The lowest BCUT2D eigenvalue weighted by molar-refractivity contribution is 0.490. The van der Waals surface area contributed by atoms with E-state index in [4.69, 9.17) is 5.84 Å². The summed E-state index contributed by atoms with van der Waals surface area (Å²) in [6.45, 7) is 2.15. The normalized spacial score (nSPS) is 12.3. The number of hydrogen-bond donors (Lipinski definition) is 2. The molecule has 0 aliphatic heterocycles. The number of hydrazine groups is 1. The Morgan fingerprint density at radius 2 is 2.10 bits per heavy atom. The molecule has 0 spiro atoms. The summed E-state index contributed by atoms with van der Waals surface area (Å²) in [7, 11) is 0. The summed E-state index contributed by atoms with van der Waals surface area (Å²) in [6, 6.07) is 10.8. The number of rotatable bonds is 6. The molecule has 106 valence electrons. The fourth-order valence-electron chi connectivity index (χ4n) is 2.32. The van der Waals surface area contributed by atoms with Crippen LogP contribution in [0, 0.1) is 6.92 Å². The molecule has 0 bridgehead atoms. The van der Waals surface area contributed by atoms with Crippen molar-refractivity contribution < 1.29 is 0 Å². The molecule has 0 fully saturated rings. The Labute approximate surface area is 128 Å². The van der Waals surface area contributed by atoms with Crippen molar-refractivity contribution in [1.82, 2.24) is 10.4 Å². The topological polar surface area (TPSA) is 50.9 Å². The number of benzene rings is 1. The molecular formula is C16H20BrN3. The smallest absolute Gasteiger partial charge is 0.0410 e. The molecule has 3 N–H and O–H groups in total. The van der Waals surface area contributed by atoms with Gasteiger partial charge in [-0.25, -0.2) is 0 Å². The van der Waals surface area contributed by atoms with Crippen LogP contribution in [-0.4, -0.2) is 11.0 Å². The van der Waals surface area contributed by atoms with Gasteiger partial charge in [-0.2, -0.15) is 0 Å². The van der Waals surface area contributed by atoms with Gasteiger partial charge in [0, 0.05) is 22.9 Å². The van der Waals surface area contributed by atoms with Gasteiger partial charge in [0.2, 0.25) is 0 Å². The molecule has 2 aromatic rings. The van der Waals surface area contributed by atoms with Crippen LogP contribution in [0.4, 0.5) is 0 Å². The summed E-state index contributed by atoms with van der Waals surface area (Å²) in [6.07, 6.45) is 6.61. The lowest BCUT2D eigenvalue weighted by Gasteiger charge is -2.16. The Bertz CT molecular complexity index is 557. The molecule has 0 radical (unpaired) electrons. The fraction of sp³-hybridized carbons (Fsp3) is 0.312. The maximum absolute atomic E-state index is 5.68. The quantitative estimate of drug-likeness (QED) is 0.630. The predicted molar refractivity (Wildman–Crippen MR) is 86.3 cm³/mol. The van der Waals surface area contributed by atoms with E-state index >= 15 is 0 Å². The molecule has 1 unspecified atom stereocenters. The summed E-state index contributed by atoms with van der Waals surface area (Å²) in [4.78, 5) is 4.19. The lowest BCUT2D eigenvalue weighted by Crippen LogP contribution is -2.37. The van der Waals surface area contributed by atoms with Gasteiger partial charge in [0.1, 0.15) is 0 Å². The molecule has 1 aromatic heterocycles. The zero-order valence-electron chi connectivity index (χ0n) is 11.6. The van der Waals surface area contributed by atoms with Gasteiger partial charge in [-0.15, -0.1) is 0 Å². The largest absolute Gasteiger partial charge is 0.271 e. The highest BCUT2D eigenvalue weighted by atomic mass is 79.9. The molecule has 1 atom stereocenters. The van der Waals surface area contributed by atoms with Crippen molar-refractivity contribution in [2.24, 2.45) is 5.84 Å². The first-order valence-electron chi connectivity index (χ1n) is 6.79. The summed E-state index contributed by atoms with van der Waals surface area (Å²) < 4.78 is 1.00. The Morgan fingerprint density at radius 1 is 1.30 bits per heavy atom. The van der Waals surface area contributed by atoms with Gasteiger partial charge < -0.3 is 0 Å². The van der Waals surface area contributed by atoms with Gasteiger partial charge >= 0.3 is 0 Å². The second-order valence-electron chi connectivity index (χ2n) is 5.04. The molecule has 0 saturated heterocycles. The first-order valence-corrected chi connectivity index (χ1v) is 7.58. The highest BCUT2D eigenvalue weighted by Gasteiger charge is 2.09. The zero-order chi connectivity index (χ0) is 14.4. The molecule has 1 aromatic carbocycles. The third kappa shape index (κ3) is 4.40. The second-order valence-corrected chi connectivity index (χ2v) is 5.96. The van der Waals surface area contributed by atoms with Crippen molar-refractivity contribution in [2.45, 2.75) is 32.2 Å². The number of nitrogens with two attached hydrogens (primary N) is 1. The monoisotopic (exact) mass is 333 g/mol. The number of aryl methyl sites for hydroxylation is 2. The van der Waals surface area contributed by atoms with E-state index in [1.54, 1.807) is 6.20 Å². The SMILES string of the molecule is Cc1ccccc1CCC(Cc1cncc(Br)c1)NN. The molecule has 3 nitrogen and oxygen atoms in total. The Kier molecular flexibility index (Phi) is 5.71. The van der Waals surface area contributed by atoms with Crippen LogP contribution in [0.2, 0.25) is 0 Å². The van der Waals surface area contributed by atoms with Crippen LogP contribution < -0.4 is 11.3 Å². The molecule has 2 rings (SSSR count). The number of pyridine rings is 1. The lowest BCUT2D eigenvalue weighted by atomic mass is 9.98. The first kappa shape index (κ1) is 15.2. The van der Waals surface area contributed by atoms with Gasteiger partial charge in [-0.3, -0.25) is 16.3 Å². The number of halogens is 1. The maximum Gasteiger partial charge on any atom is 0.0410 e. The van der Waals surface area contributed by atoms with Crippen molar-refractivity contribution in [2.75, 3.05) is 0 Å². The highest BCUT2D eigenvalue weighted by molar-refractivity contribution is 9.10. The standard InChI is InChI=1S/C16H20BrN3/c1-12-4-2-3-5-14(12)6-7-16(20-18)9-13-8-15(17)11-19-10-13/h2-5,8,10-11,16,20H,6-7,9,18H2,1H3. The van der Waals surface area contributed by atoms with E-state index in [0.717, 1.165) is 23.7 Å². The fourth-order valence-corrected chi connectivity index (χ4v) is 2.73. The van der Waals surface area contributed by atoms with Crippen molar-refractivity contribution in [3.8, 4) is 0 Å². The maximum atomic E-state index is 5.68. The average molecular weight is 334 g/mol. The van der Waals surface area contributed by atoms with E-state index in [2.05, 4.69) is 63.6 Å². The van der Waals surface area contributed by atoms with Crippen LogP contribution in [0.3, 0.4) is 0 Å². The third-order valence-corrected chi connectivity index (χ3v) is 3.94. The van der Waals surface area contributed by atoms with Gasteiger partial charge in [-0.1, -0.05) is 24.3 Å². The van der Waals surface area contributed by atoms with Crippen LogP contribution in [0.25, 0.3) is 0 Å². The number of nitrogens with zero attached hydrogens (tertiary/aromatic N) is 1. The van der Waals surface area contributed by atoms with Crippen LogP contribution in [0.5, 0.6) is 0 Å². The van der Waals surface area contributed by atoms with Crippen LogP contribution >= 0.6 is 15.9 Å². The van der Waals surface area contributed by atoms with Crippen LogP contribution in [0.15, 0.2) is 47.2 Å². The van der Waals surface area contributed by atoms with Crippen LogP contribution in [0.1, 0.15) is 23.1 Å². The molecule has 0 aliphatic carbocycles. The number of nitrogens with one attached hydrogen (secondary N) is 1. The van der Waals surface area contributed by atoms with Crippen molar-refractivity contribution in [1.29, 1.82) is 0 Å². The summed E-state index contributed by atoms with van der Waals surface area (Å²) in [5.74, 6) is 5.68. The number of hydrogen-bond acceptors (Lipinski definition) is 3. The Hall–Kier alpha value is -1.23. The van der Waals surface area contributed by atoms with E-state index in [9.17, 15) is 0 Å².